The van der Waals surface area contributed by atoms with E-state index in [1.165, 1.54) is 22.0 Å². The van der Waals surface area contributed by atoms with Gasteiger partial charge in [0, 0.05) is 35.3 Å². The number of nitrogens with one attached hydrogen (secondary N) is 1. The van der Waals surface area contributed by atoms with Crippen molar-refractivity contribution in [3.05, 3.63) is 63.4 Å². The molecule has 1 amide bonds. The minimum Gasteiger partial charge on any atom is -0.497 e. The number of methoxy groups -OCH3 is 1. The third-order valence-corrected chi connectivity index (χ3v) is 4.63. The zero-order valence-electron chi connectivity index (χ0n) is 14.1. The molecular formula is C18H17N3O3S. The van der Waals surface area contributed by atoms with Crippen LogP contribution in [0.4, 0.5) is 5.13 Å². The molecule has 25 heavy (non-hydrogen) atoms. The van der Waals surface area contributed by atoms with E-state index in [-0.39, 0.29) is 11.5 Å². The first-order valence-corrected chi connectivity index (χ1v) is 8.39. The number of thiazole rings is 1. The van der Waals surface area contributed by atoms with Gasteiger partial charge in [-0.2, -0.15) is 0 Å². The molecule has 128 valence electrons. The van der Waals surface area contributed by atoms with Crippen LogP contribution in [0, 0.1) is 6.92 Å². The lowest BCUT2D eigenvalue weighted by molar-refractivity contribution is 0.102. The minimum atomic E-state index is -0.354. The predicted octanol–water partition coefficient (Wildman–Crippen LogP) is 3.08. The molecule has 6 nitrogen and oxygen atoms in total. The predicted molar refractivity (Wildman–Crippen MR) is 98.5 cm³/mol. The van der Waals surface area contributed by atoms with Gasteiger partial charge >= 0.3 is 0 Å². The first-order valence-electron chi connectivity index (χ1n) is 7.58. The second-order valence-electron chi connectivity index (χ2n) is 5.47. The number of rotatable bonds is 4. The van der Waals surface area contributed by atoms with E-state index < -0.39 is 0 Å². The van der Waals surface area contributed by atoms with E-state index in [0.29, 0.717) is 10.7 Å². The van der Waals surface area contributed by atoms with Gasteiger partial charge in [0.15, 0.2) is 5.13 Å². The first-order chi connectivity index (χ1) is 12.0. The first kappa shape index (κ1) is 16.9. The van der Waals surface area contributed by atoms with Crippen molar-refractivity contribution in [1.82, 2.24) is 9.55 Å². The number of ether oxygens (including phenoxy) is 1. The molecule has 2 heterocycles. The summed E-state index contributed by atoms with van der Waals surface area (Å²) in [7, 11) is 3.25. The Morgan fingerprint density at radius 2 is 1.96 bits per heavy atom. The van der Waals surface area contributed by atoms with Gasteiger partial charge in [-0.05, 0) is 37.3 Å². The van der Waals surface area contributed by atoms with Crippen molar-refractivity contribution >= 4 is 22.4 Å². The summed E-state index contributed by atoms with van der Waals surface area (Å²) in [6.45, 7) is 1.95. The quantitative estimate of drug-likeness (QED) is 0.780. The molecule has 0 fully saturated rings. The lowest BCUT2D eigenvalue weighted by Gasteiger charge is -2.03. The van der Waals surface area contributed by atoms with Crippen molar-refractivity contribution in [2.45, 2.75) is 6.92 Å². The van der Waals surface area contributed by atoms with Gasteiger partial charge in [-0.3, -0.25) is 14.9 Å². The number of amides is 1. The maximum atomic E-state index is 12.3. The molecule has 0 atom stereocenters. The number of hydrogen-bond acceptors (Lipinski definition) is 5. The van der Waals surface area contributed by atoms with Crippen molar-refractivity contribution in [3.8, 4) is 17.0 Å². The average molecular weight is 355 g/mol. The van der Waals surface area contributed by atoms with Crippen LogP contribution < -0.4 is 15.6 Å². The van der Waals surface area contributed by atoms with Crippen molar-refractivity contribution in [2.24, 2.45) is 7.05 Å². The average Bonchev–Trinajstić information content (AvgIpc) is 2.97. The maximum absolute atomic E-state index is 12.3. The Morgan fingerprint density at radius 3 is 2.60 bits per heavy atom. The number of aryl methyl sites for hydroxylation is 2. The van der Waals surface area contributed by atoms with Crippen LogP contribution in [0.3, 0.4) is 0 Å². The number of anilines is 1. The Hall–Kier alpha value is -2.93. The summed E-state index contributed by atoms with van der Waals surface area (Å²) in [5, 5.41) is 3.25. The van der Waals surface area contributed by atoms with E-state index in [4.69, 9.17) is 4.74 Å². The fraction of sp³-hybridized carbons (Fsp3) is 0.167. The van der Waals surface area contributed by atoms with Crippen LogP contribution >= 0.6 is 11.3 Å². The van der Waals surface area contributed by atoms with Crippen LogP contribution in [0.25, 0.3) is 11.3 Å². The van der Waals surface area contributed by atoms with Gasteiger partial charge in [-0.25, -0.2) is 4.98 Å². The van der Waals surface area contributed by atoms with Crippen molar-refractivity contribution in [1.29, 1.82) is 0 Å². The Kier molecular flexibility index (Phi) is 4.67. The molecule has 0 aliphatic heterocycles. The summed E-state index contributed by atoms with van der Waals surface area (Å²) in [6, 6.07) is 10.5. The largest absolute Gasteiger partial charge is 0.497 e. The van der Waals surface area contributed by atoms with E-state index in [1.807, 2.05) is 31.2 Å². The molecule has 0 saturated carbocycles. The van der Waals surface area contributed by atoms with Gasteiger partial charge < -0.3 is 9.30 Å². The molecule has 0 aliphatic rings. The molecule has 2 aromatic heterocycles. The molecule has 1 N–H and O–H groups in total. The molecule has 3 aromatic rings. The standard InChI is InChI=1S/C18H17N3O3S/c1-11-16(12-4-6-14(24-3)7-5-12)19-18(25-11)20-17(23)13-8-9-21(2)15(22)10-13/h4-10H,1-3H3,(H,19,20,23). The normalized spacial score (nSPS) is 10.5. The summed E-state index contributed by atoms with van der Waals surface area (Å²) >= 11 is 1.39. The van der Waals surface area contributed by atoms with E-state index in [9.17, 15) is 9.59 Å². The molecule has 0 spiro atoms. The van der Waals surface area contributed by atoms with Gasteiger partial charge in [0.2, 0.25) is 0 Å². The second-order valence-corrected chi connectivity index (χ2v) is 6.67. The van der Waals surface area contributed by atoms with Crippen LogP contribution in [-0.4, -0.2) is 22.6 Å². The molecule has 1 aromatic carbocycles. The van der Waals surface area contributed by atoms with Crippen LogP contribution in [0.15, 0.2) is 47.4 Å². The Bertz CT molecular complexity index is 974. The van der Waals surface area contributed by atoms with E-state index >= 15 is 0 Å². The van der Waals surface area contributed by atoms with Crippen LogP contribution in [0.1, 0.15) is 15.2 Å². The van der Waals surface area contributed by atoms with Gasteiger partial charge in [-0.15, -0.1) is 11.3 Å². The van der Waals surface area contributed by atoms with Crippen LogP contribution in [0.2, 0.25) is 0 Å². The van der Waals surface area contributed by atoms with E-state index in [2.05, 4.69) is 10.3 Å². The van der Waals surface area contributed by atoms with E-state index in [1.54, 1.807) is 26.4 Å². The summed E-state index contributed by atoms with van der Waals surface area (Å²) < 4.78 is 6.57. The zero-order valence-corrected chi connectivity index (χ0v) is 14.9. The topological polar surface area (TPSA) is 73.2 Å². The summed E-state index contributed by atoms with van der Waals surface area (Å²) in [4.78, 5) is 29.5. The Labute approximate surface area is 148 Å². The highest BCUT2D eigenvalue weighted by atomic mass is 32.1. The molecule has 0 saturated heterocycles. The molecule has 7 heteroatoms. The maximum Gasteiger partial charge on any atom is 0.257 e. The number of hydrogen-bond donors (Lipinski definition) is 1. The highest BCUT2D eigenvalue weighted by Crippen LogP contribution is 2.31. The van der Waals surface area contributed by atoms with Gasteiger partial charge in [0.1, 0.15) is 5.75 Å². The Morgan fingerprint density at radius 1 is 1.24 bits per heavy atom. The molecule has 3 rings (SSSR count). The molecule has 0 bridgehead atoms. The number of aromatic nitrogens is 2. The van der Waals surface area contributed by atoms with E-state index in [0.717, 1.165) is 21.9 Å². The molecule has 0 unspecified atom stereocenters. The van der Waals surface area contributed by atoms with Crippen LogP contribution in [-0.2, 0) is 7.05 Å². The number of carbonyl (C=O) groups excluding carboxylic acids is 1. The molecular weight excluding hydrogens is 338 g/mol. The summed E-state index contributed by atoms with van der Waals surface area (Å²) in [5.41, 5.74) is 1.83. The van der Waals surface area contributed by atoms with Gasteiger partial charge in [0.25, 0.3) is 11.5 Å². The number of nitrogens with zero attached hydrogens (tertiary/aromatic N) is 2. The lowest BCUT2D eigenvalue weighted by Crippen LogP contribution is -2.19. The summed E-state index contributed by atoms with van der Waals surface area (Å²) in [6.07, 6.45) is 1.56. The smallest absolute Gasteiger partial charge is 0.257 e. The zero-order chi connectivity index (χ0) is 18.0. The summed E-state index contributed by atoms with van der Waals surface area (Å²) in [5.74, 6) is 0.420. The SMILES string of the molecule is COc1ccc(-c2nc(NC(=O)c3ccn(C)c(=O)c3)sc2C)cc1. The molecule has 0 radical (unpaired) electrons. The second kappa shape index (κ2) is 6.90. The monoisotopic (exact) mass is 355 g/mol. The molecule has 0 aliphatic carbocycles. The fourth-order valence-corrected chi connectivity index (χ4v) is 3.16. The van der Waals surface area contributed by atoms with Gasteiger partial charge in [-0.1, -0.05) is 0 Å². The van der Waals surface area contributed by atoms with Crippen molar-refractivity contribution in [2.75, 3.05) is 12.4 Å². The van der Waals surface area contributed by atoms with Crippen LogP contribution in [0.5, 0.6) is 5.75 Å². The van der Waals surface area contributed by atoms with Crippen molar-refractivity contribution in [3.63, 3.8) is 0 Å². The Balaban J connectivity index is 1.83. The highest BCUT2D eigenvalue weighted by Gasteiger charge is 2.14. The minimum absolute atomic E-state index is 0.234. The number of carbonyl (C=O) groups is 1. The van der Waals surface area contributed by atoms with Crippen molar-refractivity contribution < 1.29 is 9.53 Å². The highest BCUT2D eigenvalue weighted by molar-refractivity contribution is 7.16. The fourth-order valence-electron chi connectivity index (χ4n) is 2.33. The lowest BCUT2D eigenvalue weighted by atomic mass is 10.1. The third-order valence-electron chi connectivity index (χ3n) is 3.75. The number of benzene rings is 1. The number of pyridine rings is 1. The van der Waals surface area contributed by atoms with Gasteiger partial charge in [0.05, 0.1) is 12.8 Å². The third kappa shape index (κ3) is 3.61.